The van der Waals surface area contributed by atoms with Crippen molar-refractivity contribution in [2.75, 3.05) is 24.7 Å². The predicted molar refractivity (Wildman–Crippen MR) is 125 cm³/mol. The number of benzene rings is 2. The second-order valence-electron chi connectivity index (χ2n) is 8.50. The Hall–Kier alpha value is -3.99. The van der Waals surface area contributed by atoms with Crippen LogP contribution in [0.1, 0.15) is 23.2 Å². The van der Waals surface area contributed by atoms with Crippen molar-refractivity contribution < 1.29 is 31.9 Å². The number of anilines is 2. The summed E-state index contributed by atoms with van der Waals surface area (Å²) < 4.78 is 56.7. The molecule has 1 heterocycles. The maximum absolute atomic E-state index is 14.0. The van der Waals surface area contributed by atoms with Crippen molar-refractivity contribution >= 4 is 23.2 Å². The number of amides is 2. The molecule has 1 aliphatic carbocycles. The molecular formula is C25H22F4N4O3. The summed E-state index contributed by atoms with van der Waals surface area (Å²) in [6.45, 7) is 0. The van der Waals surface area contributed by atoms with Crippen LogP contribution in [-0.2, 0) is 4.79 Å². The van der Waals surface area contributed by atoms with E-state index < -0.39 is 35.3 Å². The number of likely N-dealkylation sites (N-methyl/N-ethyl adjacent to an activating group) is 1. The Morgan fingerprint density at radius 3 is 2.33 bits per heavy atom. The Morgan fingerprint density at radius 1 is 1.03 bits per heavy atom. The third kappa shape index (κ3) is 5.46. The van der Waals surface area contributed by atoms with Crippen molar-refractivity contribution in [1.29, 1.82) is 0 Å². The zero-order valence-corrected chi connectivity index (χ0v) is 19.3. The number of hydrogen-bond donors (Lipinski definition) is 2. The Balaban J connectivity index is 1.55. The van der Waals surface area contributed by atoms with Crippen LogP contribution in [0.15, 0.2) is 60.8 Å². The van der Waals surface area contributed by atoms with Crippen LogP contribution >= 0.6 is 0 Å². The minimum Gasteiger partial charge on any atom is -0.404 e. The van der Waals surface area contributed by atoms with Crippen LogP contribution in [0.2, 0.25) is 0 Å². The lowest BCUT2D eigenvalue weighted by Crippen LogP contribution is -2.42. The molecule has 3 aromatic rings. The maximum Gasteiger partial charge on any atom is 0.573 e. The van der Waals surface area contributed by atoms with E-state index in [4.69, 9.17) is 0 Å². The van der Waals surface area contributed by atoms with E-state index in [-0.39, 0.29) is 16.9 Å². The van der Waals surface area contributed by atoms with Crippen molar-refractivity contribution in [3.63, 3.8) is 0 Å². The molecule has 1 saturated carbocycles. The summed E-state index contributed by atoms with van der Waals surface area (Å²) in [5, 5.41) is 5.06. The van der Waals surface area contributed by atoms with Gasteiger partial charge < -0.3 is 15.4 Å². The van der Waals surface area contributed by atoms with Gasteiger partial charge in [-0.15, -0.1) is 13.2 Å². The Morgan fingerprint density at radius 2 is 1.75 bits per heavy atom. The molecule has 36 heavy (non-hydrogen) atoms. The number of aromatic nitrogens is 1. The normalized spacial score (nSPS) is 14.3. The molecule has 0 aliphatic heterocycles. The predicted octanol–water partition coefficient (Wildman–Crippen LogP) is 5.07. The van der Waals surface area contributed by atoms with Crippen LogP contribution in [0.5, 0.6) is 5.75 Å². The second-order valence-corrected chi connectivity index (χ2v) is 8.50. The number of carbonyl (C=O) groups is 2. The highest BCUT2D eigenvalue weighted by Gasteiger charge is 2.52. The van der Waals surface area contributed by atoms with Crippen molar-refractivity contribution in [2.24, 2.45) is 0 Å². The molecule has 7 nitrogen and oxygen atoms in total. The van der Waals surface area contributed by atoms with Crippen molar-refractivity contribution in [1.82, 2.24) is 9.88 Å². The zero-order valence-electron chi connectivity index (χ0n) is 19.3. The highest BCUT2D eigenvalue weighted by atomic mass is 19.4. The number of hydrogen-bond acceptors (Lipinski definition) is 5. The molecule has 0 saturated heterocycles. The number of alkyl halides is 3. The molecule has 0 unspecified atom stereocenters. The van der Waals surface area contributed by atoms with Crippen molar-refractivity contribution in [2.45, 2.75) is 24.7 Å². The third-order valence-electron chi connectivity index (χ3n) is 5.89. The zero-order chi connectivity index (χ0) is 26.1. The molecule has 1 aromatic heterocycles. The number of pyridine rings is 1. The molecule has 1 fully saturated rings. The van der Waals surface area contributed by atoms with Crippen LogP contribution in [0.3, 0.4) is 0 Å². The first-order valence-corrected chi connectivity index (χ1v) is 10.9. The molecule has 2 N–H and O–H groups in total. The van der Waals surface area contributed by atoms with E-state index in [2.05, 4.69) is 20.4 Å². The maximum atomic E-state index is 14.0. The van der Waals surface area contributed by atoms with Crippen LogP contribution in [-0.4, -0.2) is 47.7 Å². The highest BCUT2D eigenvalue weighted by molar-refractivity contribution is 6.07. The minimum atomic E-state index is -4.99. The molecule has 0 bridgehead atoms. The summed E-state index contributed by atoms with van der Waals surface area (Å²) in [6.07, 6.45) is -2.56. The lowest BCUT2D eigenvalue weighted by Gasteiger charge is -2.23. The van der Waals surface area contributed by atoms with E-state index in [1.807, 2.05) is 0 Å². The van der Waals surface area contributed by atoms with Gasteiger partial charge in [-0.1, -0.05) is 12.1 Å². The standard InChI is InChI=1S/C25H22F4N4O3/c1-33(2)24(11-12-24)23(35)32-20-13-15(7-10-21(20)36-25(27,28)29)22(34)31-16-8-9-19(30-14-16)17-5-3-4-6-18(17)26/h3-10,13-14H,11-12H2,1-2H3,(H,31,34)(H,32,35). The molecule has 188 valence electrons. The summed E-state index contributed by atoms with van der Waals surface area (Å²) in [6, 6.07) is 12.4. The number of carbonyl (C=O) groups excluding carboxylic acids is 2. The van der Waals surface area contributed by atoms with Crippen LogP contribution < -0.4 is 15.4 Å². The van der Waals surface area contributed by atoms with E-state index in [1.54, 1.807) is 37.2 Å². The minimum absolute atomic E-state index is 0.0206. The molecule has 1 aliphatic rings. The summed E-state index contributed by atoms with van der Waals surface area (Å²) in [7, 11) is 3.41. The molecule has 0 spiro atoms. The fraction of sp³-hybridized carbons (Fsp3) is 0.240. The first-order chi connectivity index (χ1) is 17.0. The van der Waals surface area contributed by atoms with E-state index in [1.165, 1.54) is 24.4 Å². The lowest BCUT2D eigenvalue weighted by molar-refractivity contribution is -0.274. The van der Waals surface area contributed by atoms with Crippen molar-refractivity contribution in [3.8, 4) is 17.0 Å². The lowest BCUT2D eigenvalue weighted by atomic mass is 10.1. The molecule has 4 rings (SSSR count). The first kappa shape index (κ1) is 25.1. The smallest absolute Gasteiger partial charge is 0.404 e. The molecular weight excluding hydrogens is 480 g/mol. The molecule has 2 amide bonds. The molecule has 2 aromatic carbocycles. The van der Waals surface area contributed by atoms with Crippen LogP contribution in [0.4, 0.5) is 28.9 Å². The van der Waals surface area contributed by atoms with Gasteiger partial charge >= 0.3 is 6.36 Å². The van der Waals surface area contributed by atoms with Gasteiger partial charge in [-0.2, -0.15) is 0 Å². The van der Waals surface area contributed by atoms with Gasteiger partial charge in [-0.3, -0.25) is 19.5 Å². The Bertz CT molecular complexity index is 1290. The van der Waals surface area contributed by atoms with E-state index >= 15 is 0 Å². The number of nitrogens with zero attached hydrogens (tertiary/aromatic N) is 2. The number of halogens is 4. The van der Waals surface area contributed by atoms with E-state index in [0.29, 0.717) is 24.1 Å². The Kier molecular flexibility index (Phi) is 6.68. The summed E-state index contributed by atoms with van der Waals surface area (Å²) in [4.78, 5) is 31.4. The number of ether oxygens (including phenoxy) is 1. The first-order valence-electron chi connectivity index (χ1n) is 10.9. The van der Waals surface area contributed by atoms with Gasteiger partial charge in [0, 0.05) is 11.1 Å². The Labute approximate surface area is 204 Å². The number of nitrogens with one attached hydrogen (secondary N) is 2. The van der Waals surface area contributed by atoms with Crippen molar-refractivity contribution in [3.05, 3.63) is 72.2 Å². The average molecular weight is 502 g/mol. The van der Waals surface area contributed by atoms with Crippen LogP contribution in [0.25, 0.3) is 11.3 Å². The van der Waals surface area contributed by atoms with Gasteiger partial charge in [-0.25, -0.2) is 4.39 Å². The highest BCUT2D eigenvalue weighted by Crippen LogP contribution is 2.42. The van der Waals surface area contributed by atoms with Gasteiger partial charge in [0.2, 0.25) is 5.91 Å². The summed E-state index contributed by atoms with van der Waals surface area (Å²) in [5.74, 6) is -2.24. The molecule has 0 atom stereocenters. The summed E-state index contributed by atoms with van der Waals surface area (Å²) >= 11 is 0. The SMILES string of the molecule is CN(C)C1(C(=O)Nc2cc(C(=O)Nc3ccc(-c4ccccc4F)nc3)ccc2OC(F)(F)F)CC1. The van der Waals surface area contributed by atoms with Gasteiger partial charge in [0.15, 0.2) is 5.75 Å². The van der Waals surface area contributed by atoms with E-state index in [9.17, 15) is 27.2 Å². The average Bonchev–Trinajstić information content (AvgIpc) is 3.63. The summed E-state index contributed by atoms with van der Waals surface area (Å²) in [5.41, 5.74) is -0.189. The fourth-order valence-corrected chi connectivity index (χ4v) is 3.72. The molecule has 0 radical (unpaired) electrons. The van der Waals surface area contributed by atoms with E-state index in [0.717, 1.165) is 18.2 Å². The fourth-order valence-electron chi connectivity index (χ4n) is 3.72. The quantitative estimate of drug-likeness (QED) is 0.441. The van der Waals surface area contributed by atoms with Gasteiger partial charge in [-0.05, 0) is 69.4 Å². The third-order valence-corrected chi connectivity index (χ3v) is 5.89. The topological polar surface area (TPSA) is 83.6 Å². The van der Waals surface area contributed by atoms with Gasteiger partial charge in [0.1, 0.15) is 11.4 Å². The number of rotatable bonds is 7. The molecule has 11 heteroatoms. The van der Waals surface area contributed by atoms with Gasteiger partial charge in [0.25, 0.3) is 5.91 Å². The van der Waals surface area contributed by atoms with Crippen LogP contribution in [0, 0.1) is 5.82 Å². The monoisotopic (exact) mass is 502 g/mol. The van der Waals surface area contributed by atoms with Gasteiger partial charge in [0.05, 0.1) is 23.3 Å². The largest absolute Gasteiger partial charge is 0.573 e. The second kappa shape index (κ2) is 9.57.